The van der Waals surface area contributed by atoms with Crippen molar-refractivity contribution in [1.82, 2.24) is 0 Å². The quantitative estimate of drug-likeness (QED) is 0.0261. The molecule has 74 heavy (non-hydrogen) atoms. The van der Waals surface area contributed by atoms with Crippen molar-refractivity contribution in [3.63, 3.8) is 0 Å². The van der Waals surface area contributed by atoms with E-state index < -0.39 is 6.10 Å². The van der Waals surface area contributed by atoms with Crippen molar-refractivity contribution in [1.29, 1.82) is 0 Å². The van der Waals surface area contributed by atoms with Crippen LogP contribution in [0.1, 0.15) is 310 Å². The molecular formula is C68H118O6. The predicted octanol–water partition coefficient (Wildman–Crippen LogP) is 21.5. The van der Waals surface area contributed by atoms with Gasteiger partial charge in [-0.2, -0.15) is 0 Å². The van der Waals surface area contributed by atoms with E-state index in [-0.39, 0.29) is 31.1 Å². The highest BCUT2D eigenvalue weighted by molar-refractivity contribution is 5.71. The van der Waals surface area contributed by atoms with Crippen molar-refractivity contribution in [3.05, 3.63) is 85.1 Å². The van der Waals surface area contributed by atoms with Gasteiger partial charge in [0.2, 0.25) is 0 Å². The van der Waals surface area contributed by atoms with Crippen LogP contribution in [0.4, 0.5) is 0 Å². The zero-order valence-electron chi connectivity index (χ0n) is 48.8. The maximum absolute atomic E-state index is 12.9. The van der Waals surface area contributed by atoms with Crippen molar-refractivity contribution in [3.8, 4) is 0 Å². The SMILES string of the molecule is CC/C=C\C/C=C\C/C=C\C/C=C\CCCCCCCCCCCCCCCCCCC(=O)OCC(COC(=O)CCCCCCC/C=C\CCCCCC)OC(=O)CCCCCCC/C=C\C/C=C\CCCC. The largest absolute Gasteiger partial charge is 0.462 e. The first-order valence-corrected chi connectivity index (χ1v) is 31.6. The van der Waals surface area contributed by atoms with Gasteiger partial charge >= 0.3 is 17.9 Å². The van der Waals surface area contributed by atoms with E-state index >= 15 is 0 Å². The minimum Gasteiger partial charge on any atom is -0.462 e. The van der Waals surface area contributed by atoms with Gasteiger partial charge in [-0.3, -0.25) is 14.4 Å². The molecule has 0 spiro atoms. The lowest BCUT2D eigenvalue weighted by atomic mass is 10.0. The highest BCUT2D eigenvalue weighted by Gasteiger charge is 2.19. The molecule has 0 fully saturated rings. The van der Waals surface area contributed by atoms with E-state index in [0.717, 1.165) is 116 Å². The van der Waals surface area contributed by atoms with Gasteiger partial charge in [-0.1, -0.05) is 266 Å². The first kappa shape index (κ1) is 70.6. The lowest BCUT2D eigenvalue weighted by Crippen LogP contribution is -2.30. The normalized spacial score (nSPS) is 12.6. The molecule has 0 saturated heterocycles. The number of unbranched alkanes of at least 4 members (excludes halogenated alkanes) is 32. The molecule has 0 N–H and O–H groups in total. The fraction of sp³-hybridized carbons (Fsp3) is 0.750. The van der Waals surface area contributed by atoms with Gasteiger partial charge < -0.3 is 14.2 Å². The molecule has 0 radical (unpaired) electrons. The fourth-order valence-electron chi connectivity index (χ4n) is 8.86. The first-order valence-electron chi connectivity index (χ1n) is 31.6. The zero-order chi connectivity index (χ0) is 53.6. The van der Waals surface area contributed by atoms with Gasteiger partial charge in [0, 0.05) is 19.3 Å². The average Bonchev–Trinajstić information content (AvgIpc) is 3.40. The second-order valence-electron chi connectivity index (χ2n) is 20.9. The van der Waals surface area contributed by atoms with Crippen LogP contribution in [0.2, 0.25) is 0 Å². The second kappa shape index (κ2) is 62.1. The molecular weight excluding hydrogens is 913 g/mol. The van der Waals surface area contributed by atoms with Crippen molar-refractivity contribution >= 4 is 17.9 Å². The molecule has 0 rings (SSSR count). The Kier molecular flexibility index (Phi) is 59.3. The van der Waals surface area contributed by atoms with Gasteiger partial charge in [0.25, 0.3) is 0 Å². The zero-order valence-corrected chi connectivity index (χ0v) is 48.8. The van der Waals surface area contributed by atoms with Gasteiger partial charge in [-0.25, -0.2) is 0 Å². The Bertz CT molecular complexity index is 1420. The minimum atomic E-state index is -0.786. The summed E-state index contributed by atoms with van der Waals surface area (Å²) in [6.45, 7) is 6.48. The molecule has 0 aromatic heterocycles. The van der Waals surface area contributed by atoms with Crippen molar-refractivity contribution < 1.29 is 28.6 Å². The lowest BCUT2D eigenvalue weighted by molar-refractivity contribution is -0.167. The van der Waals surface area contributed by atoms with Crippen LogP contribution < -0.4 is 0 Å². The molecule has 0 aliphatic heterocycles. The summed E-state index contributed by atoms with van der Waals surface area (Å²) in [4.78, 5) is 38.2. The Hall–Kier alpha value is -3.41. The molecule has 0 saturated carbocycles. The Labute approximate surface area is 458 Å². The highest BCUT2D eigenvalue weighted by atomic mass is 16.6. The summed E-state index contributed by atoms with van der Waals surface area (Å²) >= 11 is 0. The summed E-state index contributed by atoms with van der Waals surface area (Å²) < 4.78 is 16.9. The van der Waals surface area contributed by atoms with E-state index in [2.05, 4.69) is 106 Å². The standard InChI is InChI=1S/C68H118O6/c1-4-7-10-13-16-19-22-25-27-28-29-30-31-32-33-34-35-36-37-38-39-40-41-44-46-49-52-55-58-61-67(70)73-64-65(63-72-66(69)60-57-54-51-48-45-42-24-21-18-15-12-9-6-3)74-68(71)62-59-56-53-50-47-43-26-23-20-17-14-11-8-5-2/h7,10,14,16-17,19,21,23-27,29-30,65H,4-6,8-9,11-13,15,18,20,22,28,31-64H2,1-3H3/b10-7-,17-14-,19-16-,24-21-,26-23-,27-25-,30-29-. The Balaban J connectivity index is 4.20. The highest BCUT2D eigenvalue weighted by Crippen LogP contribution is 2.16. The topological polar surface area (TPSA) is 78.9 Å². The van der Waals surface area contributed by atoms with Crippen LogP contribution in [-0.4, -0.2) is 37.2 Å². The van der Waals surface area contributed by atoms with Crippen molar-refractivity contribution in [2.75, 3.05) is 13.2 Å². The molecule has 426 valence electrons. The summed E-state index contributed by atoms with van der Waals surface area (Å²) in [6.07, 6.45) is 81.7. The average molecular weight is 1030 g/mol. The third-order valence-electron chi connectivity index (χ3n) is 13.6. The Morgan fingerprint density at radius 1 is 0.284 bits per heavy atom. The van der Waals surface area contributed by atoms with Crippen LogP contribution in [0.3, 0.4) is 0 Å². The third-order valence-corrected chi connectivity index (χ3v) is 13.6. The number of ether oxygens (including phenoxy) is 3. The monoisotopic (exact) mass is 1030 g/mol. The van der Waals surface area contributed by atoms with Crippen LogP contribution in [0.5, 0.6) is 0 Å². The lowest BCUT2D eigenvalue weighted by Gasteiger charge is -2.18. The number of carbonyl (C=O) groups excluding carboxylic acids is 3. The van der Waals surface area contributed by atoms with Gasteiger partial charge in [0.05, 0.1) is 0 Å². The minimum absolute atomic E-state index is 0.0825. The summed E-state index contributed by atoms with van der Waals surface area (Å²) in [6, 6.07) is 0. The molecule has 0 aliphatic carbocycles. The number of hydrogen-bond acceptors (Lipinski definition) is 6. The van der Waals surface area contributed by atoms with E-state index in [1.807, 2.05) is 0 Å². The van der Waals surface area contributed by atoms with Gasteiger partial charge in [-0.05, 0) is 109 Å². The predicted molar refractivity (Wildman–Crippen MR) is 321 cm³/mol. The van der Waals surface area contributed by atoms with Crippen LogP contribution in [0.15, 0.2) is 85.1 Å². The molecule has 1 unspecified atom stereocenters. The van der Waals surface area contributed by atoms with Crippen molar-refractivity contribution in [2.24, 2.45) is 0 Å². The third kappa shape index (κ3) is 59.5. The summed E-state index contributed by atoms with van der Waals surface area (Å²) in [5.74, 6) is -0.895. The maximum Gasteiger partial charge on any atom is 0.306 e. The summed E-state index contributed by atoms with van der Waals surface area (Å²) in [5.41, 5.74) is 0. The number of allylic oxidation sites excluding steroid dienone is 14. The first-order chi connectivity index (χ1) is 36.5. The van der Waals surface area contributed by atoms with E-state index in [9.17, 15) is 14.4 Å². The van der Waals surface area contributed by atoms with Gasteiger partial charge in [-0.15, -0.1) is 0 Å². The Morgan fingerprint density at radius 3 is 0.878 bits per heavy atom. The smallest absolute Gasteiger partial charge is 0.306 e. The number of rotatable bonds is 57. The van der Waals surface area contributed by atoms with Gasteiger partial charge in [0.15, 0.2) is 6.10 Å². The molecule has 6 nitrogen and oxygen atoms in total. The van der Waals surface area contributed by atoms with E-state index in [1.54, 1.807) is 0 Å². The van der Waals surface area contributed by atoms with Crippen LogP contribution in [0.25, 0.3) is 0 Å². The molecule has 6 heteroatoms. The molecule has 0 aromatic rings. The van der Waals surface area contributed by atoms with Gasteiger partial charge in [0.1, 0.15) is 13.2 Å². The molecule has 0 amide bonds. The summed E-state index contributed by atoms with van der Waals surface area (Å²) in [7, 11) is 0. The van der Waals surface area contributed by atoms with Crippen molar-refractivity contribution in [2.45, 2.75) is 316 Å². The van der Waals surface area contributed by atoms with Crippen LogP contribution >= 0.6 is 0 Å². The number of esters is 3. The summed E-state index contributed by atoms with van der Waals surface area (Å²) in [5, 5.41) is 0. The fourth-order valence-corrected chi connectivity index (χ4v) is 8.86. The molecule has 1 atom stereocenters. The number of hydrogen-bond donors (Lipinski definition) is 0. The molecule has 0 heterocycles. The van der Waals surface area contributed by atoms with E-state index in [0.29, 0.717) is 19.3 Å². The Morgan fingerprint density at radius 2 is 0.541 bits per heavy atom. The van der Waals surface area contributed by atoms with E-state index in [1.165, 1.54) is 154 Å². The van der Waals surface area contributed by atoms with E-state index in [4.69, 9.17) is 14.2 Å². The maximum atomic E-state index is 12.9. The second-order valence-corrected chi connectivity index (χ2v) is 20.9. The molecule has 0 bridgehead atoms. The van der Waals surface area contributed by atoms with Crippen LogP contribution in [0, 0.1) is 0 Å². The molecule has 0 aromatic carbocycles. The molecule has 0 aliphatic rings. The van der Waals surface area contributed by atoms with Crippen LogP contribution in [-0.2, 0) is 28.6 Å². The number of carbonyl (C=O) groups is 3.